The number of benzene rings is 1. The van der Waals surface area contributed by atoms with E-state index in [1.165, 1.54) is 57.8 Å². The number of allylic oxidation sites excluding steroid dienone is 1. The van der Waals surface area contributed by atoms with Crippen molar-refractivity contribution >= 4 is 22.9 Å². The van der Waals surface area contributed by atoms with E-state index in [2.05, 4.69) is 32.4 Å². The molecule has 4 bridgehead atoms. The lowest BCUT2D eigenvalue weighted by Gasteiger charge is -2.55. The molecule has 1 aromatic carbocycles. The monoisotopic (exact) mass is 483 g/mol. The normalized spacial score (nSPS) is 34.3. The summed E-state index contributed by atoms with van der Waals surface area (Å²) in [5, 5.41) is 3.16. The van der Waals surface area contributed by atoms with Crippen LogP contribution in [0, 0.1) is 11.8 Å². The summed E-state index contributed by atoms with van der Waals surface area (Å²) in [5.74, 6) is 2.43. The molecule has 3 aliphatic heterocycles. The Morgan fingerprint density at radius 3 is 2.33 bits per heavy atom. The van der Waals surface area contributed by atoms with Crippen molar-refractivity contribution in [3.05, 3.63) is 58.8 Å². The molecule has 5 aliphatic rings. The highest BCUT2D eigenvalue weighted by Gasteiger charge is 2.45. The molecule has 6 heteroatoms. The maximum absolute atomic E-state index is 14.1. The molecule has 1 aromatic heterocycles. The number of hydrogen-bond acceptors (Lipinski definition) is 5. The first-order valence-electron chi connectivity index (χ1n) is 14.1. The molecule has 6 nitrogen and oxygen atoms in total. The molecule has 6 atom stereocenters. The van der Waals surface area contributed by atoms with E-state index in [0.29, 0.717) is 29.3 Å². The van der Waals surface area contributed by atoms with E-state index in [0.717, 1.165) is 41.8 Å². The van der Waals surface area contributed by atoms with Crippen molar-refractivity contribution < 1.29 is 0 Å². The Morgan fingerprint density at radius 1 is 0.861 bits per heavy atom. The highest BCUT2D eigenvalue weighted by molar-refractivity contribution is 5.87. The van der Waals surface area contributed by atoms with Gasteiger partial charge in [0.25, 0.3) is 5.56 Å². The Labute approximate surface area is 213 Å². The number of piperidine rings is 2. The van der Waals surface area contributed by atoms with E-state index in [1.807, 2.05) is 24.3 Å². The van der Waals surface area contributed by atoms with E-state index >= 15 is 0 Å². The summed E-state index contributed by atoms with van der Waals surface area (Å²) >= 11 is 0. The molecule has 0 unspecified atom stereocenters. The smallest absolute Gasteiger partial charge is 0.279 e. The van der Waals surface area contributed by atoms with Crippen LogP contribution in [-0.2, 0) is 0 Å². The van der Waals surface area contributed by atoms with Gasteiger partial charge in [0.05, 0.1) is 16.7 Å². The van der Waals surface area contributed by atoms with Gasteiger partial charge in [0, 0.05) is 30.4 Å². The fourth-order valence-electron chi connectivity index (χ4n) is 8.40. The molecular weight excluding hydrogens is 446 g/mol. The molecule has 2 aliphatic carbocycles. The van der Waals surface area contributed by atoms with E-state index in [9.17, 15) is 4.79 Å². The van der Waals surface area contributed by atoms with Gasteiger partial charge in [-0.2, -0.15) is 0 Å². The fourth-order valence-corrected chi connectivity index (χ4v) is 8.40. The highest BCUT2D eigenvalue weighted by Crippen LogP contribution is 2.47. The lowest BCUT2D eigenvalue weighted by Crippen LogP contribution is -2.58. The Balaban J connectivity index is 1.25. The van der Waals surface area contributed by atoms with Gasteiger partial charge in [-0.25, -0.2) is 9.98 Å². The third-order valence-electron chi connectivity index (χ3n) is 9.70. The van der Waals surface area contributed by atoms with Crippen LogP contribution in [0.5, 0.6) is 0 Å². The van der Waals surface area contributed by atoms with Crippen LogP contribution in [0.4, 0.5) is 0 Å². The lowest BCUT2D eigenvalue weighted by atomic mass is 9.68. The third-order valence-corrected chi connectivity index (χ3v) is 9.70. The molecule has 2 saturated heterocycles. The van der Waals surface area contributed by atoms with Crippen molar-refractivity contribution in [2.24, 2.45) is 16.8 Å². The predicted octanol–water partition coefficient (Wildman–Crippen LogP) is 5.41. The standard InChI is InChI=1S/C30H37N5O/c1-19-31-13-12-27(32-19)29-30(36)35(28-11-3-2-10-26(28)33-29)25-17-22-8-5-9-23(18-25)34(22)24-15-20-6-4-7-21(14-20)16-24/h2-3,10-13,20-25,32H,1,4-9,14-18H2/t20-,21+,22-,23+,24+,25+. The molecule has 7 rings (SSSR count). The van der Waals surface area contributed by atoms with Crippen LogP contribution in [0.2, 0.25) is 0 Å². The Hall–Kier alpha value is -2.73. The van der Waals surface area contributed by atoms with Crippen molar-refractivity contribution in [3.63, 3.8) is 0 Å². The largest absolute Gasteiger partial charge is 0.339 e. The van der Waals surface area contributed by atoms with Crippen LogP contribution in [0.25, 0.3) is 16.7 Å². The zero-order chi connectivity index (χ0) is 24.2. The van der Waals surface area contributed by atoms with Crippen molar-refractivity contribution in [3.8, 4) is 0 Å². The van der Waals surface area contributed by atoms with Crippen molar-refractivity contribution in [2.75, 3.05) is 0 Å². The summed E-state index contributed by atoms with van der Waals surface area (Å²) in [6, 6.07) is 10.3. The van der Waals surface area contributed by atoms with Crippen LogP contribution in [0.15, 0.2) is 52.5 Å². The van der Waals surface area contributed by atoms with Crippen LogP contribution >= 0.6 is 0 Å². The van der Waals surface area contributed by atoms with Gasteiger partial charge in [0.1, 0.15) is 5.82 Å². The van der Waals surface area contributed by atoms with Gasteiger partial charge in [-0.15, -0.1) is 0 Å². The molecule has 0 radical (unpaired) electrons. The van der Waals surface area contributed by atoms with Crippen LogP contribution in [0.1, 0.15) is 82.4 Å². The average molecular weight is 484 g/mol. The number of aromatic nitrogens is 2. The molecule has 0 spiro atoms. The van der Waals surface area contributed by atoms with Crippen molar-refractivity contribution in [1.29, 1.82) is 0 Å². The minimum Gasteiger partial charge on any atom is -0.339 e. The Kier molecular flexibility index (Phi) is 5.61. The summed E-state index contributed by atoms with van der Waals surface area (Å²) in [5.41, 5.74) is 2.98. The maximum atomic E-state index is 14.1. The van der Waals surface area contributed by atoms with Gasteiger partial charge in [0.15, 0.2) is 5.69 Å². The molecule has 4 fully saturated rings. The topological polar surface area (TPSA) is 62.5 Å². The molecule has 2 saturated carbocycles. The molecule has 4 heterocycles. The van der Waals surface area contributed by atoms with E-state index in [-0.39, 0.29) is 11.6 Å². The average Bonchev–Trinajstić information content (AvgIpc) is 2.87. The number of nitrogens with zero attached hydrogens (tertiary/aromatic N) is 4. The molecule has 36 heavy (non-hydrogen) atoms. The fraction of sp³-hybridized carbons (Fsp3) is 0.567. The summed E-state index contributed by atoms with van der Waals surface area (Å²) in [7, 11) is 0. The molecule has 188 valence electrons. The number of hydrogen-bond donors (Lipinski definition) is 1. The van der Waals surface area contributed by atoms with Crippen LogP contribution in [-0.4, -0.2) is 38.8 Å². The summed E-state index contributed by atoms with van der Waals surface area (Å²) in [4.78, 5) is 26.0. The summed E-state index contributed by atoms with van der Waals surface area (Å²) in [6.07, 6.45) is 18.1. The Morgan fingerprint density at radius 2 is 1.58 bits per heavy atom. The van der Waals surface area contributed by atoms with Gasteiger partial charge in [-0.3, -0.25) is 9.69 Å². The zero-order valence-electron chi connectivity index (χ0n) is 21.1. The Bertz CT molecular complexity index is 1280. The maximum Gasteiger partial charge on any atom is 0.279 e. The first-order chi connectivity index (χ1) is 17.6. The summed E-state index contributed by atoms with van der Waals surface area (Å²) in [6.45, 7) is 3.91. The molecule has 2 aromatic rings. The number of nitrogens with one attached hydrogen (secondary N) is 1. The number of aliphatic imine (C=N–C) groups is 1. The predicted molar refractivity (Wildman–Crippen MR) is 145 cm³/mol. The second-order valence-corrected chi connectivity index (χ2v) is 11.9. The van der Waals surface area contributed by atoms with E-state index in [4.69, 9.17) is 4.98 Å². The van der Waals surface area contributed by atoms with Crippen molar-refractivity contribution in [1.82, 2.24) is 19.8 Å². The first kappa shape index (κ1) is 22.5. The first-order valence-corrected chi connectivity index (χ1v) is 14.1. The lowest BCUT2D eigenvalue weighted by molar-refractivity contribution is -0.0485. The number of para-hydroxylation sites is 2. The highest BCUT2D eigenvalue weighted by atomic mass is 16.1. The molecule has 0 amide bonds. The molecular formula is C30H37N5O. The second-order valence-electron chi connectivity index (χ2n) is 11.9. The second kappa shape index (κ2) is 8.98. The third kappa shape index (κ3) is 3.85. The van der Waals surface area contributed by atoms with Gasteiger partial charge in [-0.1, -0.05) is 44.4 Å². The van der Waals surface area contributed by atoms with Crippen molar-refractivity contribution in [2.45, 2.75) is 94.8 Å². The SMILES string of the molecule is C=C1N=CC=C(c2nc3ccccc3n([C@H]3C[C@H]4CCC[C@@H](C3)N4[C@H]3C[C@@H]4CCC[C@@H](C4)C3)c2=O)N1. The van der Waals surface area contributed by atoms with Gasteiger partial charge < -0.3 is 9.88 Å². The zero-order valence-corrected chi connectivity index (χ0v) is 21.1. The molecule has 1 N–H and O–H groups in total. The summed E-state index contributed by atoms with van der Waals surface area (Å²) < 4.78 is 2.09. The van der Waals surface area contributed by atoms with Gasteiger partial charge >= 0.3 is 0 Å². The number of fused-ring (bicyclic) bond motifs is 5. The number of rotatable bonds is 3. The van der Waals surface area contributed by atoms with Crippen LogP contribution < -0.4 is 10.9 Å². The van der Waals surface area contributed by atoms with E-state index in [1.54, 1.807) is 6.21 Å². The quantitative estimate of drug-likeness (QED) is 0.634. The minimum absolute atomic E-state index is 0.000674. The van der Waals surface area contributed by atoms with E-state index < -0.39 is 0 Å². The van der Waals surface area contributed by atoms with Gasteiger partial charge in [0.2, 0.25) is 0 Å². The minimum atomic E-state index is -0.000674. The van der Waals surface area contributed by atoms with Crippen LogP contribution in [0.3, 0.4) is 0 Å². The van der Waals surface area contributed by atoms with Gasteiger partial charge in [-0.05, 0) is 75.0 Å².